The number of aromatic amines is 1. The highest BCUT2D eigenvalue weighted by atomic mass is 32.2. The molecule has 1 aromatic heterocycles. The van der Waals surface area contributed by atoms with Crippen LogP contribution in [0.15, 0.2) is 29.4 Å². The number of hydrogen-bond donors (Lipinski definition) is 1. The van der Waals surface area contributed by atoms with Crippen LogP contribution in [0, 0.1) is 17.7 Å². The smallest absolute Gasteiger partial charge is 0.233 e. The van der Waals surface area contributed by atoms with Crippen LogP contribution in [0.1, 0.15) is 27.7 Å². The summed E-state index contributed by atoms with van der Waals surface area (Å²) in [6.45, 7) is 9.89. The fraction of sp³-hybridized carbons (Fsp3) is 0.500. The highest BCUT2D eigenvalue weighted by molar-refractivity contribution is 7.99. The number of benzene rings is 1. The molecule has 0 saturated carbocycles. The van der Waals surface area contributed by atoms with Gasteiger partial charge in [0.2, 0.25) is 11.1 Å². The molecule has 0 saturated heterocycles. The van der Waals surface area contributed by atoms with Crippen LogP contribution in [0.2, 0.25) is 0 Å². The first kappa shape index (κ1) is 19.4. The summed E-state index contributed by atoms with van der Waals surface area (Å²) in [5.74, 6) is 1.20. The van der Waals surface area contributed by atoms with Crippen LogP contribution < -0.4 is 0 Å². The molecule has 7 heteroatoms. The molecule has 0 spiro atoms. The lowest BCUT2D eigenvalue weighted by Gasteiger charge is -2.26. The molecule has 25 heavy (non-hydrogen) atoms. The van der Waals surface area contributed by atoms with Crippen LogP contribution in [-0.2, 0) is 4.79 Å². The van der Waals surface area contributed by atoms with E-state index in [2.05, 4.69) is 42.9 Å². The first-order chi connectivity index (χ1) is 11.9. The van der Waals surface area contributed by atoms with Crippen molar-refractivity contribution in [3.05, 3.63) is 30.1 Å². The summed E-state index contributed by atoms with van der Waals surface area (Å²) in [5.41, 5.74) is 0.370. The largest absolute Gasteiger partial charge is 0.341 e. The predicted octanol–water partition coefficient (Wildman–Crippen LogP) is 3.84. The molecule has 0 atom stereocenters. The molecule has 0 aliphatic heterocycles. The second-order valence-corrected chi connectivity index (χ2v) is 7.76. The molecule has 136 valence electrons. The second kappa shape index (κ2) is 8.99. The number of hydrogen-bond acceptors (Lipinski definition) is 4. The van der Waals surface area contributed by atoms with E-state index in [1.807, 2.05) is 4.90 Å². The Morgan fingerprint density at radius 1 is 1.20 bits per heavy atom. The quantitative estimate of drug-likeness (QED) is 0.723. The van der Waals surface area contributed by atoms with Crippen molar-refractivity contribution in [3.8, 4) is 11.4 Å². The number of carbonyl (C=O) groups excluding carboxylic acids is 1. The number of thioether (sulfide) groups is 1. The van der Waals surface area contributed by atoms with E-state index in [0.29, 0.717) is 28.4 Å². The average Bonchev–Trinajstić information content (AvgIpc) is 3.00. The number of nitrogens with one attached hydrogen (secondary N) is 1. The summed E-state index contributed by atoms with van der Waals surface area (Å²) < 4.78 is 13.8. The molecule has 0 unspecified atom stereocenters. The molecule has 1 heterocycles. The fourth-order valence-corrected chi connectivity index (χ4v) is 3.16. The van der Waals surface area contributed by atoms with Gasteiger partial charge in [0.25, 0.3) is 0 Å². The summed E-state index contributed by atoms with van der Waals surface area (Å²) in [7, 11) is 0. The van der Waals surface area contributed by atoms with Gasteiger partial charge in [-0.1, -0.05) is 51.6 Å². The minimum Gasteiger partial charge on any atom is -0.341 e. The van der Waals surface area contributed by atoms with E-state index in [1.165, 1.54) is 17.8 Å². The van der Waals surface area contributed by atoms with E-state index < -0.39 is 0 Å². The molecule has 0 radical (unpaired) electrons. The van der Waals surface area contributed by atoms with E-state index in [0.717, 1.165) is 13.1 Å². The van der Waals surface area contributed by atoms with Gasteiger partial charge in [-0.2, -0.15) is 0 Å². The Kier molecular flexibility index (Phi) is 6.99. The highest BCUT2D eigenvalue weighted by Gasteiger charge is 2.18. The van der Waals surface area contributed by atoms with Crippen molar-refractivity contribution in [2.24, 2.45) is 11.8 Å². The summed E-state index contributed by atoms with van der Waals surface area (Å²) >= 11 is 1.27. The van der Waals surface area contributed by atoms with Crippen LogP contribution in [0.25, 0.3) is 11.4 Å². The van der Waals surface area contributed by atoms with Gasteiger partial charge < -0.3 is 4.90 Å². The molecule has 1 N–H and O–H groups in total. The summed E-state index contributed by atoms with van der Waals surface area (Å²) in [4.78, 5) is 18.7. The number of nitrogens with zero attached hydrogens (tertiary/aromatic N) is 3. The lowest BCUT2D eigenvalue weighted by atomic mass is 10.1. The standard InChI is InChI=1S/C18H25FN4OS/c1-12(2)9-23(10-13(3)4)16(24)11-25-18-20-17(21-22-18)14-7-5-6-8-15(14)19/h5-8,12-13H,9-11H2,1-4H3,(H,20,21,22). The lowest BCUT2D eigenvalue weighted by molar-refractivity contribution is -0.129. The minimum absolute atomic E-state index is 0.0737. The van der Waals surface area contributed by atoms with Crippen molar-refractivity contribution in [2.45, 2.75) is 32.9 Å². The normalized spacial score (nSPS) is 11.3. The molecule has 2 rings (SSSR count). The van der Waals surface area contributed by atoms with Gasteiger partial charge in [0.1, 0.15) is 5.82 Å². The Balaban J connectivity index is 1.98. The highest BCUT2D eigenvalue weighted by Crippen LogP contribution is 2.22. The monoisotopic (exact) mass is 364 g/mol. The van der Waals surface area contributed by atoms with E-state index in [4.69, 9.17) is 0 Å². The van der Waals surface area contributed by atoms with Gasteiger partial charge in [-0.25, -0.2) is 9.37 Å². The van der Waals surface area contributed by atoms with Crippen LogP contribution >= 0.6 is 11.8 Å². The molecule has 0 bridgehead atoms. The maximum Gasteiger partial charge on any atom is 0.233 e. The third-order valence-electron chi connectivity index (χ3n) is 3.44. The molecule has 1 aromatic carbocycles. The number of amides is 1. The van der Waals surface area contributed by atoms with Crippen LogP contribution in [0.4, 0.5) is 4.39 Å². The third kappa shape index (κ3) is 5.85. The molecule has 0 fully saturated rings. The second-order valence-electron chi connectivity index (χ2n) is 6.82. The van der Waals surface area contributed by atoms with Gasteiger partial charge in [0, 0.05) is 13.1 Å². The van der Waals surface area contributed by atoms with Gasteiger partial charge in [-0.05, 0) is 24.0 Å². The maximum absolute atomic E-state index is 13.8. The lowest BCUT2D eigenvalue weighted by Crippen LogP contribution is -2.38. The zero-order chi connectivity index (χ0) is 18.4. The van der Waals surface area contributed by atoms with Gasteiger partial charge in [0.05, 0.1) is 11.3 Å². The maximum atomic E-state index is 13.8. The molecule has 5 nitrogen and oxygen atoms in total. The van der Waals surface area contributed by atoms with Crippen molar-refractivity contribution in [2.75, 3.05) is 18.8 Å². The first-order valence-electron chi connectivity index (χ1n) is 8.44. The molecule has 2 aromatic rings. The zero-order valence-corrected chi connectivity index (χ0v) is 15.9. The first-order valence-corrected chi connectivity index (χ1v) is 9.43. The topological polar surface area (TPSA) is 61.9 Å². The van der Waals surface area contributed by atoms with E-state index >= 15 is 0 Å². The van der Waals surface area contributed by atoms with E-state index in [1.54, 1.807) is 18.2 Å². The summed E-state index contributed by atoms with van der Waals surface area (Å²) in [5, 5.41) is 7.25. The van der Waals surface area contributed by atoms with Crippen molar-refractivity contribution >= 4 is 17.7 Å². The Bertz CT molecular complexity index is 692. The van der Waals surface area contributed by atoms with Crippen LogP contribution in [-0.4, -0.2) is 44.8 Å². The molecule has 0 aliphatic rings. The Morgan fingerprint density at radius 2 is 1.84 bits per heavy atom. The SMILES string of the molecule is CC(C)CN(CC(C)C)C(=O)CSc1n[nH]c(-c2ccccc2F)n1. The number of rotatable bonds is 8. The van der Waals surface area contributed by atoms with E-state index in [9.17, 15) is 9.18 Å². The Morgan fingerprint density at radius 3 is 2.44 bits per heavy atom. The molecule has 1 amide bonds. The molecule has 0 aliphatic carbocycles. The van der Waals surface area contributed by atoms with E-state index in [-0.39, 0.29) is 17.5 Å². The summed E-state index contributed by atoms with van der Waals surface area (Å²) in [6, 6.07) is 6.39. The average molecular weight is 364 g/mol. The van der Waals surface area contributed by atoms with Gasteiger partial charge in [-0.3, -0.25) is 9.89 Å². The van der Waals surface area contributed by atoms with Crippen molar-refractivity contribution in [3.63, 3.8) is 0 Å². The molecular formula is C18H25FN4OS. The Hall–Kier alpha value is -1.89. The summed E-state index contributed by atoms with van der Waals surface area (Å²) in [6.07, 6.45) is 0. The number of halogens is 1. The van der Waals surface area contributed by atoms with Gasteiger partial charge >= 0.3 is 0 Å². The van der Waals surface area contributed by atoms with Crippen LogP contribution in [0.3, 0.4) is 0 Å². The number of H-pyrrole nitrogens is 1. The van der Waals surface area contributed by atoms with Crippen LogP contribution in [0.5, 0.6) is 0 Å². The molecular weight excluding hydrogens is 339 g/mol. The van der Waals surface area contributed by atoms with Crippen molar-refractivity contribution < 1.29 is 9.18 Å². The third-order valence-corrected chi connectivity index (χ3v) is 4.27. The minimum atomic E-state index is -0.355. The van der Waals surface area contributed by atoms with Gasteiger partial charge in [0.15, 0.2) is 5.82 Å². The van der Waals surface area contributed by atoms with Crippen molar-refractivity contribution in [1.82, 2.24) is 20.1 Å². The van der Waals surface area contributed by atoms with Gasteiger partial charge in [-0.15, -0.1) is 5.10 Å². The number of aromatic nitrogens is 3. The predicted molar refractivity (Wildman–Crippen MR) is 98.8 cm³/mol. The Labute approximate surface area is 152 Å². The number of carbonyl (C=O) groups is 1. The fourth-order valence-electron chi connectivity index (χ4n) is 2.46. The zero-order valence-electron chi connectivity index (χ0n) is 15.1. The van der Waals surface area contributed by atoms with Crippen molar-refractivity contribution in [1.29, 1.82) is 0 Å².